The summed E-state index contributed by atoms with van der Waals surface area (Å²) in [6.07, 6.45) is -4.76. The average Bonchev–Trinajstić information content (AvgIpc) is 2.76. The Kier molecular flexibility index (Phi) is 7.65. The lowest BCUT2D eigenvalue weighted by Gasteiger charge is -2.27. The van der Waals surface area contributed by atoms with Gasteiger partial charge in [-0.15, -0.1) is 0 Å². The van der Waals surface area contributed by atoms with Gasteiger partial charge in [-0.3, -0.25) is 14.1 Å². The van der Waals surface area contributed by atoms with E-state index in [1.54, 1.807) is 0 Å². The third-order valence-electron chi connectivity index (χ3n) is 3.75. The van der Waals surface area contributed by atoms with Crippen LogP contribution in [0.15, 0.2) is 11.0 Å². The lowest BCUT2D eigenvalue weighted by molar-refractivity contribution is -0.0989. The molecule has 1 aliphatic heterocycles. The first-order chi connectivity index (χ1) is 13.8. The van der Waals surface area contributed by atoms with Crippen molar-refractivity contribution in [2.24, 2.45) is 0 Å². The van der Waals surface area contributed by atoms with Gasteiger partial charge in [0.2, 0.25) is 0 Å². The van der Waals surface area contributed by atoms with E-state index in [0.717, 1.165) is 6.92 Å². The molecule has 7 N–H and O–H groups in total. The molecule has 1 saturated heterocycles. The minimum Gasteiger partial charge on any atom is -0.387 e. The van der Waals surface area contributed by atoms with E-state index in [-0.39, 0.29) is 0 Å². The number of aliphatic hydroxyl groups excluding tert-OH is 1. The normalized spacial score (nSPS) is 30.6. The van der Waals surface area contributed by atoms with E-state index in [4.69, 9.17) is 19.4 Å². The largest absolute Gasteiger partial charge is 0.490 e. The number of hydrogen-bond donors (Lipinski definition) is 7. The van der Waals surface area contributed by atoms with Crippen LogP contribution in [0, 0.1) is 10.5 Å². The van der Waals surface area contributed by atoms with Gasteiger partial charge in [-0.05, 0) is 6.92 Å². The molecule has 1 fully saturated rings. The van der Waals surface area contributed by atoms with Crippen molar-refractivity contribution in [3.63, 3.8) is 0 Å². The zero-order valence-electron chi connectivity index (χ0n) is 15.0. The molecule has 0 radical (unpaired) electrons. The minimum absolute atomic E-state index is 0.513. The number of aromatic nitrogens is 2. The Balaban J connectivity index is 2.17. The van der Waals surface area contributed by atoms with Crippen molar-refractivity contribution < 1.29 is 65.8 Å². The topological polar surface area (TPSA) is 247 Å². The van der Waals surface area contributed by atoms with Gasteiger partial charge in [-0.25, -0.2) is 22.9 Å². The standard InChI is InChI=1S/C10H16FN2O14P3S/c1-10(16)6(14)5(25-8(10)13-2-4(11)7(31)12-9(13)15)3-24-29(20,21)27-30(22,23)26-28(17,18)19/h2,5-6,8,14,16H,3H2,1H3,(H,20,21)(H,22,23)(H,12,15,31)(H2,17,18,19)/t5-,6+,8-,10?/m1/s1. The zero-order chi connectivity index (χ0) is 24.0. The van der Waals surface area contributed by atoms with Crippen molar-refractivity contribution >= 4 is 35.7 Å². The average molecular weight is 532 g/mol. The maximum absolute atomic E-state index is 13.7. The molecule has 21 heteroatoms. The SMILES string of the molecule is CC1(O)[C@@H](O)[C@@H](COP(=O)(O)OP(=O)(O)OP(=O)(O)O)O[C@H]1n1cc(F)c(=S)[nH]c1=O. The lowest BCUT2D eigenvalue weighted by Crippen LogP contribution is -2.46. The molecule has 0 saturated carbocycles. The van der Waals surface area contributed by atoms with Gasteiger partial charge < -0.3 is 34.5 Å². The maximum atomic E-state index is 13.7. The molecule has 0 spiro atoms. The molecule has 1 aromatic heterocycles. The van der Waals surface area contributed by atoms with E-state index < -0.39 is 70.3 Å². The monoisotopic (exact) mass is 532 g/mol. The van der Waals surface area contributed by atoms with E-state index in [0.29, 0.717) is 10.8 Å². The number of nitrogens with one attached hydrogen (secondary N) is 1. The van der Waals surface area contributed by atoms with Gasteiger partial charge in [0.15, 0.2) is 12.0 Å². The number of ether oxygens (including phenoxy) is 1. The first kappa shape index (κ1) is 26.6. The molecule has 178 valence electrons. The highest BCUT2D eigenvalue weighted by atomic mass is 32.1. The van der Waals surface area contributed by atoms with Crippen LogP contribution in [0.25, 0.3) is 0 Å². The van der Waals surface area contributed by atoms with Crippen molar-refractivity contribution in [1.29, 1.82) is 0 Å². The summed E-state index contributed by atoms with van der Waals surface area (Å²) < 4.78 is 63.9. The summed E-state index contributed by atoms with van der Waals surface area (Å²) in [6, 6.07) is 0. The van der Waals surface area contributed by atoms with Crippen LogP contribution >= 0.6 is 35.7 Å². The van der Waals surface area contributed by atoms with E-state index in [1.165, 1.54) is 0 Å². The second kappa shape index (κ2) is 8.93. The van der Waals surface area contributed by atoms with Crippen molar-refractivity contribution in [2.45, 2.75) is 31.0 Å². The van der Waals surface area contributed by atoms with Crippen LogP contribution in [0.1, 0.15) is 13.2 Å². The van der Waals surface area contributed by atoms with Gasteiger partial charge in [0.25, 0.3) is 0 Å². The summed E-state index contributed by atoms with van der Waals surface area (Å²) in [4.78, 5) is 49.4. The molecular weight excluding hydrogens is 516 g/mol. The fourth-order valence-corrected chi connectivity index (χ4v) is 5.65. The number of hydrogen-bond acceptors (Lipinski definition) is 11. The Hall–Kier alpha value is -0.680. The summed E-state index contributed by atoms with van der Waals surface area (Å²) in [6.45, 7) is -0.128. The highest BCUT2D eigenvalue weighted by Gasteiger charge is 2.54. The molecule has 2 rings (SSSR count). The lowest BCUT2D eigenvalue weighted by atomic mass is 9.96. The summed E-state index contributed by atoms with van der Waals surface area (Å²) in [5.74, 6) is -1.07. The number of rotatable bonds is 8. The Morgan fingerprint density at radius 2 is 1.84 bits per heavy atom. The van der Waals surface area contributed by atoms with Gasteiger partial charge in [0, 0.05) is 0 Å². The summed E-state index contributed by atoms with van der Waals surface area (Å²) in [7, 11) is -16.9. The van der Waals surface area contributed by atoms with Crippen LogP contribution in [0.2, 0.25) is 0 Å². The van der Waals surface area contributed by atoms with Gasteiger partial charge in [-0.2, -0.15) is 8.62 Å². The fourth-order valence-electron chi connectivity index (χ4n) is 2.48. The van der Waals surface area contributed by atoms with Crippen LogP contribution in [-0.2, 0) is 31.6 Å². The molecule has 0 amide bonds. The fraction of sp³-hybridized carbons (Fsp3) is 0.600. The summed E-state index contributed by atoms with van der Waals surface area (Å²) in [5, 5.41) is 20.7. The number of phosphoric ester groups is 1. The van der Waals surface area contributed by atoms with E-state index in [2.05, 4.69) is 25.4 Å². The molecular formula is C10H16FN2O14P3S. The highest BCUT2D eigenvalue weighted by Crippen LogP contribution is 2.66. The molecule has 6 atom stereocenters. The first-order valence-corrected chi connectivity index (χ1v) is 12.6. The van der Waals surface area contributed by atoms with Crippen LogP contribution in [0.3, 0.4) is 0 Å². The minimum atomic E-state index is -5.77. The van der Waals surface area contributed by atoms with Crippen LogP contribution < -0.4 is 5.69 Å². The molecule has 2 heterocycles. The third kappa shape index (κ3) is 6.66. The van der Waals surface area contributed by atoms with Gasteiger partial charge in [0.05, 0.1) is 12.8 Å². The van der Waals surface area contributed by atoms with Crippen LogP contribution in [0.4, 0.5) is 4.39 Å². The first-order valence-electron chi connectivity index (χ1n) is 7.70. The Labute approximate surface area is 176 Å². The number of phosphoric acid groups is 3. The van der Waals surface area contributed by atoms with Crippen molar-refractivity contribution in [3.8, 4) is 0 Å². The Bertz CT molecular complexity index is 1100. The number of aromatic amines is 1. The molecule has 0 bridgehead atoms. The Morgan fingerprint density at radius 1 is 1.26 bits per heavy atom. The molecule has 1 aliphatic rings. The van der Waals surface area contributed by atoms with E-state index in [9.17, 15) is 38.0 Å². The Morgan fingerprint density at radius 3 is 2.39 bits per heavy atom. The van der Waals surface area contributed by atoms with Gasteiger partial charge in [0.1, 0.15) is 22.4 Å². The highest BCUT2D eigenvalue weighted by molar-refractivity contribution is 7.71. The van der Waals surface area contributed by atoms with Crippen LogP contribution in [0.5, 0.6) is 0 Å². The number of halogens is 1. The molecule has 1 aromatic rings. The number of aliphatic hydroxyl groups is 2. The van der Waals surface area contributed by atoms with Crippen LogP contribution in [-0.4, -0.2) is 63.8 Å². The molecule has 31 heavy (non-hydrogen) atoms. The molecule has 0 aromatic carbocycles. The number of nitrogens with zero attached hydrogens (tertiary/aromatic N) is 1. The van der Waals surface area contributed by atoms with Crippen molar-refractivity contribution in [3.05, 3.63) is 27.1 Å². The van der Waals surface area contributed by atoms with Gasteiger partial charge in [-0.1, -0.05) is 12.2 Å². The predicted octanol–water partition coefficient (Wildman–Crippen LogP) is -0.602. The van der Waals surface area contributed by atoms with Crippen molar-refractivity contribution in [1.82, 2.24) is 9.55 Å². The molecule has 16 nitrogen and oxygen atoms in total. The smallest absolute Gasteiger partial charge is 0.387 e. The maximum Gasteiger partial charge on any atom is 0.490 e. The molecule has 0 aliphatic carbocycles. The second-order valence-corrected chi connectivity index (χ2v) is 11.1. The number of H-pyrrole nitrogens is 1. The van der Waals surface area contributed by atoms with Crippen molar-refractivity contribution in [2.75, 3.05) is 6.61 Å². The van der Waals surface area contributed by atoms with E-state index >= 15 is 0 Å². The summed E-state index contributed by atoms with van der Waals surface area (Å²) in [5.41, 5.74) is -3.31. The second-order valence-electron chi connectivity index (χ2n) is 6.23. The summed E-state index contributed by atoms with van der Waals surface area (Å²) >= 11 is 4.55. The van der Waals surface area contributed by atoms with E-state index in [1.807, 2.05) is 4.98 Å². The third-order valence-corrected chi connectivity index (χ3v) is 7.85. The predicted molar refractivity (Wildman–Crippen MR) is 96.2 cm³/mol. The quantitative estimate of drug-likeness (QED) is 0.163. The van der Waals surface area contributed by atoms with Gasteiger partial charge >= 0.3 is 29.2 Å². The molecule has 3 unspecified atom stereocenters. The zero-order valence-corrected chi connectivity index (χ0v) is 18.5.